The number of fused-ring (bicyclic) bond motifs is 6. The van der Waals surface area contributed by atoms with Crippen LogP contribution >= 0.6 is 0 Å². The van der Waals surface area contributed by atoms with Crippen LogP contribution in [0.15, 0.2) is 133 Å². The molecule has 10 rings (SSSR count). The minimum absolute atomic E-state index is 0.0223. The summed E-state index contributed by atoms with van der Waals surface area (Å²) in [7, 11) is -1.97. The van der Waals surface area contributed by atoms with Gasteiger partial charge in [-0.25, -0.2) is 22.0 Å². The van der Waals surface area contributed by atoms with Crippen LogP contribution in [0.25, 0.3) is 50.0 Å². The van der Waals surface area contributed by atoms with Gasteiger partial charge in [-0.3, -0.25) is 4.32 Å². The number of hydrogen-bond acceptors (Lipinski definition) is 1. The van der Waals surface area contributed by atoms with Crippen molar-refractivity contribution in [1.29, 1.82) is 0 Å². The lowest BCUT2D eigenvalue weighted by atomic mass is 9.84. The first-order valence-corrected chi connectivity index (χ1v) is 19.5. The van der Waals surface area contributed by atoms with Crippen LogP contribution < -0.4 is 0 Å². The maximum absolute atomic E-state index is 18.6. The molecular formula is C49H35BF6N2. The maximum Gasteiger partial charge on any atom is 0.593 e. The van der Waals surface area contributed by atoms with Gasteiger partial charge >= 0.3 is 7.26 Å². The summed E-state index contributed by atoms with van der Waals surface area (Å²) in [6, 6.07) is 27.4. The monoisotopic (exact) mass is 776 g/mol. The highest BCUT2D eigenvalue weighted by Crippen LogP contribution is 2.57. The van der Waals surface area contributed by atoms with Gasteiger partial charge < -0.3 is 9.29 Å². The molecule has 2 aliphatic carbocycles. The number of halogens is 6. The van der Waals surface area contributed by atoms with Gasteiger partial charge in [0.05, 0.1) is 17.3 Å². The first kappa shape index (κ1) is 36.1. The van der Waals surface area contributed by atoms with Crippen molar-refractivity contribution >= 4 is 34.9 Å². The van der Waals surface area contributed by atoms with E-state index < -0.39 is 48.0 Å². The zero-order valence-electron chi connectivity index (χ0n) is 31.7. The van der Waals surface area contributed by atoms with Gasteiger partial charge in [0.1, 0.15) is 0 Å². The second kappa shape index (κ2) is 13.7. The van der Waals surface area contributed by atoms with Crippen molar-refractivity contribution in [3.8, 4) is 22.4 Å². The van der Waals surface area contributed by atoms with E-state index in [2.05, 4.69) is 12.2 Å². The third-order valence-electron chi connectivity index (χ3n) is 12.1. The van der Waals surface area contributed by atoms with Crippen LogP contribution in [-0.2, 0) is 0 Å². The third kappa shape index (κ3) is 5.28. The largest absolute Gasteiger partial charge is 0.593 e. The highest BCUT2D eigenvalue weighted by Gasteiger charge is 2.52. The predicted octanol–water partition coefficient (Wildman–Crippen LogP) is 13.5. The number of benzene rings is 5. The van der Waals surface area contributed by atoms with Gasteiger partial charge in [0.2, 0.25) is 5.82 Å². The Labute approximate surface area is 332 Å². The van der Waals surface area contributed by atoms with E-state index in [1.165, 1.54) is 9.29 Å². The summed E-state index contributed by atoms with van der Waals surface area (Å²) in [5.41, 5.74) is 7.55. The molecule has 0 saturated heterocycles. The molecule has 4 aliphatic rings. The number of allylic oxidation sites excluding steroid dienone is 7. The zero-order valence-corrected chi connectivity index (χ0v) is 31.7. The molecule has 58 heavy (non-hydrogen) atoms. The number of aromatic nitrogens is 1. The number of rotatable bonds is 5. The van der Waals surface area contributed by atoms with Crippen molar-refractivity contribution in [3.05, 3.63) is 195 Å². The van der Waals surface area contributed by atoms with Crippen LogP contribution in [-0.4, -0.2) is 16.5 Å². The maximum atomic E-state index is 18.6. The molecular weight excluding hydrogens is 741 g/mol. The third-order valence-corrected chi connectivity index (χ3v) is 12.1. The van der Waals surface area contributed by atoms with Gasteiger partial charge in [-0.2, -0.15) is 0 Å². The molecule has 2 nitrogen and oxygen atoms in total. The molecule has 286 valence electrons. The van der Waals surface area contributed by atoms with Gasteiger partial charge in [-0.1, -0.05) is 109 Å². The first-order valence-electron chi connectivity index (χ1n) is 19.5. The van der Waals surface area contributed by atoms with Crippen molar-refractivity contribution in [2.24, 2.45) is 0 Å². The molecule has 0 fully saturated rings. The number of hydrogen-bond donors (Lipinski definition) is 0. The summed E-state index contributed by atoms with van der Waals surface area (Å²) in [6.45, 7) is 4.03. The van der Waals surface area contributed by atoms with Crippen LogP contribution in [0.1, 0.15) is 72.2 Å². The van der Waals surface area contributed by atoms with Crippen molar-refractivity contribution < 1.29 is 26.3 Å². The Bertz CT molecular complexity index is 2870. The SMILES string of the molecule is CC1=CCCC=C1c1ccc2c(c1)C(C1=CC=CCC1)N1B(F)n3c(c4ccc(-c5ccccc5C)cc4c3-c3ccccc3)C(c3c(F)c(F)c(F)c(F)c3F)=C21. The van der Waals surface area contributed by atoms with Crippen molar-refractivity contribution in [2.75, 3.05) is 0 Å². The average molecular weight is 777 g/mol. The molecule has 0 N–H and O–H groups in total. The van der Waals surface area contributed by atoms with Gasteiger partial charge in [0.25, 0.3) is 0 Å². The lowest BCUT2D eigenvalue weighted by Crippen LogP contribution is -2.45. The van der Waals surface area contributed by atoms with Crippen LogP contribution in [0.5, 0.6) is 0 Å². The number of nitrogens with zero attached hydrogens (tertiary/aromatic N) is 2. The highest BCUT2D eigenvalue weighted by atomic mass is 19.2. The Kier molecular flexibility index (Phi) is 8.55. The molecule has 3 heterocycles. The van der Waals surface area contributed by atoms with E-state index in [0.717, 1.165) is 51.8 Å². The summed E-state index contributed by atoms with van der Waals surface area (Å²) in [5, 5.41) is 0.964. The normalized spacial score (nSPS) is 17.3. The second-order valence-corrected chi connectivity index (χ2v) is 15.4. The highest BCUT2D eigenvalue weighted by molar-refractivity contribution is 6.53. The molecule has 9 heteroatoms. The summed E-state index contributed by atoms with van der Waals surface area (Å²) in [4.78, 5) is 1.49. The molecule has 0 spiro atoms. The predicted molar refractivity (Wildman–Crippen MR) is 220 cm³/mol. The van der Waals surface area contributed by atoms with Gasteiger partial charge in [0.15, 0.2) is 23.3 Å². The van der Waals surface area contributed by atoms with E-state index >= 15 is 21.9 Å². The van der Waals surface area contributed by atoms with E-state index in [0.29, 0.717) is 46.0 Å². The molecule has 5 aromatic carbocycles. The van der Waals surface area contributed by atoms with Crippen LogP contribution in [0.4, 0.5) is 26.3 Å². The first-order chi connectivity index (χ1) is 28.2. The molecule has 0 radical (unpaired) electrons. The van der Waals surface area contributed by atoms with Gasteiger partial charge in [-0.05, 0) is 102 Å². The molecule has 1 aromatic heterocycles. The fraction of sp³-hybridized carbons (Fsp3) is 0.143. The lowest BCUT2D eigenvalue weighted by Gasteiger charge is -2.38. The fourth-order valence-electron chi connectivity index (χ4n) is 9.49. The van der Waals surface area contributed by atoms with Crippen molar-refractivity contribution in [3.63, 3.8) is 0 Å². The average Bonchev–Trinajstić information content (AvgIpc) is 3.78. The van der Waals surface area contributed by atoms with E-state index in [1.807, 2.05) is 117 Å². The van der Waals surface area contributed by atoms with Gasteiger partial charge in [0, 0.05) is 33.3 Å². The second-order valence-electron chi connectivity index (χ2n) is 15.4. The minimum Gasteiger partial charge on any atom is -0.355 e. The minimum atomic E-state index is -2.26. The topological polar surface area (TPSA) is 8.17 Å². The Morgan fingerprint density at radius 1 is 0.638 bits per heavy atom. The molecule has 0 bridgehead atoms. The molecule has 1 atom stereocenters. The fourth-order valence-corrected chi connectivity index (χ4v) is 9.49. The van der Waals surface area contributed by atoms with E-state index in [1.54, 1.807) is 6.07 Å². The summed E-state index contributed by atoms with van der Waals surface area (Å²) >= 11 is 0. The zero-order chi connectivity index (χ0) is 40.0. The smallest absolute Gasteiger partial charge is 0.355 e. The Balaban J connectivity index is 1.37. The lowest BCUT2D eigenvalue weighted by molar-refractivity contribution is 0.376. The number of aryl methyl sites for hydroxylation is 1. The van der Waals surface area contributed by atoms with Crippen LogP contribution in [0.2, 0.25) is 0 Å². The van der Waals surface area contributed by atoms with Gasteiger partial charge in [-0.15, -0.1) is 0 Å². The Morgan fingerprint density at radius 3 is 2.07 bits per heavy atom. The van der Waals surface area contributed by atoms with E-state index in [-0.39, 0.29) is 17.0 Å². The van der Waals surface area contributed by atoms with Crippen molar-refractivity contribution in [1.82, 2.24) is 9.29 Å². The van der Waals surface area contributed by atoms with E-state index in [4.69, 9.17) is 0 Å². The quantitative estimate of drug-likeness (QED) is 0.0733. The molecule has 6 aromatic rings. The molecule has 2 aliphatic heterocycles. The standard InChI is InChI=1S/C49H35BF6N2/c1-27-13-9-11-19-33(27)31-21-23-35-37(25-31)46(29-15-5-3-6-16-29)57-48(35)40(39-41(51)43(53)45(55)44(54)42(39)52)49-36-24-22-32(34-20-12-10-14-28(34)2)26-38(36)47(58(49)50(57)56)30-17-7-4-8-18-30/h3-7,9,11,13-17,19-26,47H,8,10,12,18H2,1-2H3. The summed E-state index contributed by atoms with van der Waals surface area (Å²) < 4.78 is 98.9. The molecule has 0 amide bonds. The van der Waals surface area contributed by atoms with Crippen LogP contribution in [0, 0.1) is 36.0 Å². The summed E-state index contributed by atoms with van der Waals surface area (Å²) in [6.07, 6.45) is 13.3. The Morgan fingerprint density at radius 2 is 1.34 bits per heavy atom. The van der Waals surface area contributed by atoms with Crippen molar-refractivity contribution in [2.45, 2.75) is 45.6 Å². The molecule has 1 unspecified atom stereocenters. The van der Waals surface area contributed by atoms with E-state index in [9.17, 15) is 4.39 Å². The molecule has 0 saturated carbocycles. The van der Waals surface area contributed by atoms with Crippen LogP contribution in [0.3, 0.4) is 0 Å². The Hall–Kier alpha value is -6.22. The summed E-state index contributed by atoms with van der Waals surface area (Å²) in [5.74, 6) is -10.4.